The van der Waals surface area contributed by atoms with Crippen LogP contribution in [-0.4, -0.2) is 15.8 Å². The molecule has 110 valence electrons. The summed E-state index contributed by atoms with van der Waals surface area (Å²) in [6, 6.07) is 0. The average molecular weight is 276 g/mol. The Labute approximate surface area is 120 Å². The van der Waals surface area contributed by atoms with Crippen molar-refractivity contribution in [2.75, 3.05) is 0 Å². The van der Waals surface area contributed by atoms with E-state index in [1.165, 1.54) is 6.42 Å². The highest BCUT2D eigenvalue weighted by Gasteiger charge is 2.43. The molecule has 0 atom stereocenters. The van der Waals surface area contributed by atoms with Crippen LogP contribution in [0.1, 0.15) is 67.7 Å². The van der Waals surface area contributed by atoms with Gasteiger partial charge in [-0.3, -0.25) is 0 Å². The van der Waals surface area contributed by atoms with Gasteiger partial charge >= 0.3 is 0 Å². The second-order valence-corrected chi connectivity index (χ2v) is 6.62. The molecular formula is C17H24O3. The molecular weight excluding hydrogens is 252 g/mol. The molecule has 1 aromatic rings. The molecule has 0 unspecified atom stereocenters. The summed E-state index contributed by atoms with van der Waals surface area (Å²) < 4.78 is 6.33. The van der Waals surface area contributed by atoms with Gasteiger partial charge in [0.2, 0.25) is 0 Å². The number of rotatable bonds is 2. The zero-order valence-electron chi connectivity index (χ0n) is 12.6. The molecule has 3 rings (SSSR count). The molecule has 20 heavy (non-hydrogen) atoms. The van der Waals surface area contributed by atoms with Gasteiger partial charge in [0.05, 0.1) is 6.61 Å². The van der Waals surface area contributed by atoms with E-state index in [4.69, 9.17) is 4.74 Å². The van der Waals surface area contributed by atoms with Gasteiger partial charge in [0, 0.05) is 16.7 Å². The van der Waals surface area contributed by atoms with Gasteiger partial charge in [-0.25, -0.2) is 0 Å². The molecule has 0 radical (unpaired) electrons. The molecule has 2 aliphatic rings. The fourth-order valence-corrected chi connectivity index (χ4v) is 3.71. The summed E-state index contributed by atoms with van der Waals surface area (Å²) in [6.07, 6.45) is 5.45. The maximum Gasteiger partial charge on any atom is 0.129 e. The predicted molar refractivity (Wildman–Crippen MR) is 78.4 cm³/mol. The molecule has 2 N–H and O–H groups in total. The van der Waals surface area contributed by atoms with Crippen LogP contribution in [0.2, 0.25) is 0 Å². The van der Waals surface area contributed by atoms with Crippen molar-refractivity contribution >= 4 is 0 Å². The third kappa shape index (κ3) is 1.83. The van der Waals surface area contributed by atoms with Gasteiger partial charge in [-0.15, -0.1) is 0 Å². The van der Waals surface area contributed by atoms with Crippen molar-refractivity contribution in [2.24, 2.45) is 0 Å². The Kier molecular flexibility index (Phi) is 3.20. The molecule has 0 amide bonds. The van der Waals surface area contributed by atoms with E-state index < -0.39 is 0 Å². The van der Waals surface area contributed by atoms with Crippen LogP contribution >= 0.6 is 0 Å². The molecule has 3 heteroatoms. The number of hydrogen-bond acceptors (Lipinski definition) is 3. The van der Waals surface area contributed by atoms with E-state index in [2.05, 4.69) is 0 Å². The van der Waals surface area contributed by atoms with Gasteiger partial charge < -0.3 is 14.9 Å². The van der Waals surface area contributed by atoms with E-state index in [1.807, 2.05) is 20.8 Å². The minimum Gasteiger partial charge on any atom is -0.507 e. The Morgan fingerprint density at radius 2 is 1.95 bits per heavy atom. The van der Waals surface area contributed by atoms with Crippen LogP contribution in [0, 0.1) is 6.92 Å². The number of phenols is 1. The van der Waals surface area contributed by atoms with E-state index in [9.17, 15) is 10.2 Å². The molecule has 1 spiro atoms. The number of aromatic hydroxyl groups is 1. The normalized spacial score (nSPS) is 19.6. The van der Waals surface area contributed by atoms with Crippen LogP contribution in [0.15, 0.2) is 0 Å². The molecule has 1 aromatic carbocycles. The second kappa shape index (κ2) is 4.66. The summed E-state index contributed by atoms with van der Waals surface area (Å²) in [5, 5.41) is 20.3. The Balaban J connectivity index is 2.18. The van der Waals surface area contributed by atoms with Crippen molar-refractivity contribution in [3.8, 4) is 11.5 Å². The highest BCUT2D eigenvalue weighted by molar-refractivity contribution is 5.60. The van der Waals surface area contributed by atoms with E-state index in [0.717, 1.165) is 53.7 Å². The highest BCUT2D eigenvalue weighted by Crippen LogP contribution is 2.50. The summed E-state index contributed by atoms with van der Waals surface area (Å²) in [6.45, 7) is 5.98. The topological polar surface area (TPSA) is 49.7 Å². The number of phenolic OH excluding ortho intramolecular Hbond substituents is 1. The first-order valence-corrected chi connectivity index (χ1v) is 7.66. The molecule has 1 aliphatic heterocycles. The second-order valence-electron chi connectivity index (χ2n) is 6.62. The zero-order valence-corrected chi connectivity index (χ0v) is 12.6. The molecule has 0 bridgehead atoms. The molecule has 0 aromatic heterocycles. The third-order valence-electron chi connectivity index (χ3n) is 5.09. The maximum absolute atomic E-state index is 10.5. The lowest BCUT2D eigenvalue weighted by Crippen LogP contribution is -2.46. The van der Waals surface area contributed by atoms with Crippen LogP contribution in [-0.2, 0) is 13.0 Å². The van der Waals surface area contributed by atoms with Gasteiger partial charge in [-0.2, -0.15) is 0 Å². The Morgan fingerprint density at radius 3 is 2.45 bits per heavy atom. The zero-order chi connectivity index (χ0) is 14.5. The molecule has 1 aliphatic carbocycles. The molecule has 1 fully saturated rings. The van der Waals surface area contributed by atoms with Crippen molar-refractivity contribution in [1.29, 1.82) is 0 Å². The summed E-state index contributed by atoms with van der Waals surface area (Å²) in [5.41, 5.74) is 3.67. The third-order valence-corrected chi connectivity index (χ3v) is 5.09. The summed E-state index contributed by atoms with van der Waals surface area (Å²) in [5.74, 6) is 1.37. The minimum absolute atomic E-state index is 0.00851. The smallest absolute Gasteiger partial charge is 0.129 e. The lowest BCUT2D eigenvalue weighted by Gasteiger charge is -2.46. The fraction of sp³-hybridized carbons (Fsp3) is 0.647. The maximum atomic E-state index is 10.5. The van der Waals surface area contributed by atoms with Crippen LogP contribution in [0.3, 0.4) is 0 Å². The first-order chi connectivity index (χ1) is 9.49. The number of aliphatic hydroxyl groups is 1. The first kappa shape index (κ1) is 13.7. The van der Waals surface area contributed by atoms with Gasteiger partial charge in [-0.1, -0.05) is 13.8 Å². The summed E-state index contributed by atoms with van der Waals surface area (Å²) >= 11 is 0. The van der Waals surface area contributed by atoms with Gasteiger partial charge in [-0.05, 0) is 50.5 Å². The van der Waals surface area contributed by atoms with E-state index in [-0.39, 0.29) is 18.1 Å². The summed E-state index contributed by atoms with van der Waals surface area (Å²) in [4.78, 5) is 0. The Morgan fingerprint density at radius 1 is 1.25 bits per heavy atom. The standard InChI is InChI=1S/C17H24O3/c1-10(2)14-13(9-18)16-12(11(3)15(14)19)5-8-17(20-16)6-4-7-17/h10,18-19H,4-9H2,1-3H3. The fourth-order valence-electron chi connectivity index (χ4n) is 3.71. The Hall–Kier alpha value is -1.22. The Bertz CT molecular complexity index is 542. The molecule has 1 saturated carbocycles. The van der Waals surface area contributed by atoms with Crippen LogP contribution in [0.4, 0.5) is 0 Å². The van der Waals surface area contributed by atoms with Crippen molar-refractivity contribution in [3.05, 3.63) is 22.3 Å². The lowest BCUT2D eigenvalue weighted by atomic mass is 9.73. The number of fused-ring (bicyclic) bond motifs is 1. The van der Waals surface area contributed by atoms with Crippen molar-refractivity contribution < 1.29 is 14.9 Å². The van der Waals surface area contributed by atoms with Gasteiger partial charge in [0.25, 0.3) is 0 Å². The van der Waals surface area contributed by atoms with Gasteiger partial charge in [0.1, 0.15) is 17.1 Å². The molecule has 3 nitrogen and oxygen atoms in total. The summed E-state index contributed by atoms with van der Waals surface area (Å²) in [7, 11) is 0. The number of benzene rings is 1. The van der Waals surface area contributed by atoms with Crippen molar-refractivity contribution in [3.63, 3.8) is 0 Å². The monoisotopic (exact) mass is 276 g/mol. The largest absolute Gasteiger partial charge is 0.507 e. The van der Waals surface area contributed by atoms with Gasteiger partial charge in [0.15, 0.2) is 0 Å². The van der Waals surface area contributed by atoms with Crippen LogP contribution < -0.4 is 4.74 Å². The van der Waals surface area contributed by atoms with E-state index in [0.29, 0.717) is 5.75 Å². The van der Waals surface area contributed by atoms with Crippen molar-refractivity contribution in [2.45, 2.75) is 71.0 Å². The van der Waals surface area contributed by atoms with Crippen molar-refractivity contribution in [1.82, 2.24) is 0 Å². The minimum atomic E-state index is -0.0697. The average Bonchev–Trinajstić information content (AvgIpc) is 2.39. The van der Waals surface area contributed by atoms with E-state index in [1.54, 1.807) is 0 Å². The number of aliphatic hydroxyl groups excluding tert-OH is 1. The number of hydrogen-bond donors (Lipinski definition) is 2. The van der Waals surface area contributed by atoms with E-state index >= 15 is 0 Å². The molecule has 0 saturated heterocycles. The highest BCUT2D eigenvalue weighted by atomic mass is 16.5. The van der Waals surface area contributed by atoms with Crippen LogP contribution in [0.5, 0.6) is 11.5 Å². The molecule has 1 heterocycles. The number of ether oxygens (including phenoxy) is 1. The van der Waals surface area contributed by atoms with Crippen LogP contribution in [0.25, 0.3) is 0 Å². The lowest BCUT2D eigenvalue weighted by molar-refractivity contribution is -0.0268. The quantitative estimate of drug-likeness (QED) is 0.868. The SMILES string of the molecule is Cc1c(O)c(C(C)C)c(CO)c2c1CCC1(CCC1)O2. The predicted octanol–water partition coefficient (Wildman–Crippen LogP) is 3.56. The first-order valence-electron chi connectivity index (χ1n) is 7.66.